The maximum Gasteiger partial charge on any atom is 0.139 e. The number of aryl methyl sites for hydroxylation is 2. The molecule has 6 heteroatoms. The first-order valence-corrected chi connectivity index (χ1v) is 10.8. The SMILES string of the molecule is Cc1ccc(-c2nc(C3=C(O)CN(c4cccc5c(O)cccc45)C3=N)sc2C)cc1. The second kappa shape index (κ2) is 7.25. The molecule has 0 bridgehead atoms. The van der Waals surface area contributed by atoms with Gasteiger partial charge >= 0.3 is 0 Å². The van der Waals surface area contributed by atoms with E-state index in [2.05, 4.69) is 12.1 Å². The molecule has 4 aromatic rings. The first kappa shape index (κ1) is 19.3. The lowest BCUT2D eigenvalue weighted by Gasteiger charge is -2.21. The van der Waals surface area contributed by atoms with Gasteiger partial charge in [-0.3, -0.25) is 5.41 Å². The van der Waals surface area contributed by atoms with Crippen molar-refractivity contribution in [1.29, 1.82) is 5.41 Å². The Morgan fingerprint density at radius 2 is 1.65 bits per heavy atom. The van der Waals surface area contributed by atoms with E-state index < -0.39 is 0 Å². The number of nitrogens with one attached hydrogen (secondary N) is 1. The number of aliphatic hydroxyl groups excluding tert-OH is 1. The van der Waals surface area contributed by atoms with E-state index in [1.807, 2.05) is 50.2 Å². The summed E-state index contributed by atoms with van der Waals surface area (Å²) in [6.07, 6.45) is 0. The topological polar surface area (TPSA) is 80.4 Å². The summed E-state index contributed by atoms with van der Waals surface area (Å²) in [5.41, 5.74) is 4.32. The van der Waals surface area contributed by atoms with Gasteiger partial charge in [0, 0.05) is 21.2 Å². The van der Waals surface area contributed by atoms with Gasteiger partial charge in [-0.15, -0.1) is 11.3 Å². The van der Waals surface area contributed by atoms with Crippen LogP contribution in [0, 0.1) is 19.3 Å². The predicted molar refractivity (Wildman–Crippen MR) is 127 cm³/mol. The summed E-state index contributed by atoms with van der Waals surface area (Å²) >= 11 is 1.48. The number of thiazole rings is 1. The van der Waals surface area contributed by atoms with Crippen LogP contribution in [-0.2, 0) is 0 Å². The van der Waals surface area contributed by atoms with Gasteiger partial charge in [-0.1, -0.05) is 54.1 Å². The van der Waals surface area contributed by atoms with Crippen molar-refractivity contribution < 1.29 is 10.2 Å². The van der Waals surface area contributed by atoms with Gasteiger partial charge in [-0.05, 0) is 26.0 Å². The van der Waals surface area contributed by atoms with Crippen LogP contribution in [0.5, 0.6) is 5.75 Å². The zero-order valence-corrected chi connectivity index (χ0v) is 18.0. The van der Waals surface area contributed by atoms with Crippen LogP contribution in [0.25, 0.3) is 27.6 Å². The molecule has 0 fully saturated rings. The van der Waals surface area contributed by atoms with Crippen molar-refractivity contribution in [2.24, 2.45) is 0 Å². The minimum atomic E-state index is 0.131. The second-order valence-electron chi connectivity index (χ2n) is 7.70. The summed E-state index contributed by atoms with van der Waals surface area (Å²) < 4.78 is 0. The molecule has 0 saturated heterocycles. The molecule has 0 radical (unpaired) electrons. The molecular formula is C25H21N3O2S. The highest BCUT2D eigenvalue weighted by molar-refractivity contribution is 7.13. The van der Waals surface area contributed by atoms with Gasteiger partial charge in [0.05, 0.1) is 23.5 Å². The Bertz CT molecular complexity index is 1370. The fraction of sp³-hybridized carbons (Fsp3) is 0.120. The van der Waals surface area contributed by atoms with Crippen LogP contribution in [0.15, 0.2) is 66.4 Å². The van der Waals surface area contributed by atoms with Crippen molar-refractivity contribution in [1.82, 2.24) is 4.98 Å². The number of nitrogens with zero attached hydrogens (tertiary/aromatic N) is 2. The molecule has 31 heavy (non-hydrogen) atoms. The van der Waals surface area contributed by atoms with Crippen molar-refractivity contribution in [2.45, 2.75) is 13.8 Å². The number of hydrogen-bond donors (Lipinski definition) is 3. The van der Waals surface area contributed by atoms with E-state index in [1.165, 1.54) is 16.9 Å². The van der Waals surface area contributed by atoms with Crippen LogP contribution in [0.3, 0.4) is 0 Å². The number of aromatic hydroxyl groups is 1. The standard InChI is InChI=1S/C25H21N3O2S/c1-14-9-11-16(12-10-14)23-15(2)31-25(27-23)22-21(30)13-28(24(22)26)19-7-3-6-18-17(19)5-4-8-20(18)29/h3-12,26,29-30H,13H2,1-2H3. The number of fused-ring (bicyclic) bond motifs is 1. The molecule has 0 amide bonds. The molecule has 3 N–H and O–H groups in total. The monoisotopic (exact) mass is 427 g/mol. The second-order valence-corrected chi connectivity index (χ2v) is 8.90. The average molecular weight is 428 g/mol. The van der Waals surface area contributed by atoms with Crippen LogP contribution in [0.4, 0.5) is 5.69 Å². The third-order valence-electron chi connectivity index (χ3n) is 5.61. The van der Waals surface area contributed by atoms with Crippen LogP contribution < -0.4 is 4.90 Å². The maximum atomic E-state index is 10.8. The fourth-order valence-electron chi connectivity index (χ4n) is 4.00. The minimum absolute atomic E-state index is 0.131. The number of aromatic nitrogens is 1. The van der Waals surface area contributed by atoms with Gasteiger partial charge in [0.15, 0.2) is 0 Å². The number of amidine groups is 1. The molecule has 0 aliphatic carbocycles. The van der Waals surface area contributed by atoms with E-state index in [0.29, 0.717) is 16.0 Å². The molecule has 5 nitrogen and oxygen atoms in total. The van der Waals surface area contributed by atoms with E-state index in [0.717, 1.165) is 27.2 Å². The van der Waals surface area contributed by atoms with Crippen molar-refractivity contribution in [2.75, 3.05) is 11.4 Å². The molecule has 0 spiro atoms. The number of benzene rings is 3. The zero-order chi connectivity index (χ0) is 21.7. The zero-order valence-electron chi connectivity index (χ0n) is 17.2. The smallest absolute Gasteiger partial charge is 0.139 e. The predicted octanol–water partition coefficient (Wildman–Crippen LogP) is 6.05. The van der Waals surface area contributed by atoms with E-state index >= 15 is 0 Å². The lowest BCUT2D eigenvalue weighted by molar-refractivity contribution is 0.411. The third-order valence-corrected chi connectivity index (χ3v) is 6.59. The molecule has 5 rings (SSSR count). The van der Waals surface area contributed by atoms with Crippen LogP contribution >= 0.6 is 11.3 Å². The highest BCUT2D eigenvalue weighted by Crippen LogP contribution is 2.39. The first-order chi connectivity index (χ1) is 14.9. The highest BCUT2D eigenvalue weighted by atomic mass is 32.1. The first-order valence-electron chi connectivity index (χ1n) is 9.98. The Labute approximate surface area is 184 Å². The average Bonchev–Trinajstić information content (AvgIpc) is 3.27. The fourth-order valence-corrected chi connectivity index (χ4v) is 5.01. The molecule has 1 aliphatic heterocycles. The third kappa shape index (κ3) is 3.16. The van der Waals surface area contributed by atoms with Crippen LogP contribution in [-0.4, -0.2) is 27.6 Å². The molecule has 154 valence electrons. The summed E-state index contributed by atoms with van der Waals surface area (Å²) in [7, 11) is 0. The highest BCUT2D eigenvalue weighted by Gasteiger charge is 2.32. The maximum absolute atomic E-state index is 10.8. The van der Waals surface area contributed by atoms with E-state index in [-0.39, 0.29) is 23.9 Å². The molecule has 0 atom stereocenters. The Balaban J connectivity index is 1.54. The Morgan fingerprint density at radius 1 is 0.935 bits per heavy atom. The molecule has 2 heterocycles. The normalized spacial score (nSPS) is 14.1. The number of rotatable bonds is 3. The van der Waals surface area contributed by atoms with Gasteiger partial charge in [0.25, 0.3) is 0 Å². The van der Waals surface area contributed by atoms with Gasteiger partial charge in [0.1, 0.15) is 22.4 Å². The Kier molecular flexibility index (Phi) is 4.52. The summed E-state index contributed by atoms with van der Waals surface area (Å²) in [5, 5.41) is 32.0. The van der Waals surface area contributed by atoms with Crippen molar-refractivity contribution in [3.63, 3.8) is 0 Å². The summed E-state index contributed by atoms with van der Waals surface area (Å²) in [4.78, 5) is 7.59. The van der Waals surface area contributed by atoms with Crippen LogP contribution in [0.1, 0.15) is 15.4 Å². The van der Waals surface area contributed by atoms with Gasteiger partial charge in [0.2, 0.25) is 0 Å². The number of hydrogen-bond acceptors (Lipinski definition) is 5. The largest absolute Gasteiger partial charge is 0.510 e. The van der Waals surface area contributed by atoms with Gasteiger partial charge in [-0.2, -0.15) is 0 Å². The number of aliphatic hydroxyl groups is 1. The summed E-state index contributed by atoms with van der Waals surface area (Å²) in [6, 6.07) is 19.1. The quantitative estimate of drug-likeness (QED) is 0.372. The number of anilines is 1. The van der Waals surface area contributed by atoms with E-state index in [4.69, 9.17) is 10.4 Å². The molecule has 3 aromatic carbocycles. The number of phenolic OH excluding ortho intramolecular Hbond substituents is 1. The van der Waals surface area contributed by atoms with Gasteiger partial charge < -0.3 is 15.1 Å². The summed E-state index contributed by atoms with van der Waals surface area (Å²) in [6.45, 7) is 4.26. The lowest BCUT2D eigenvalue weighted by atomic mass is 10.1. The molecular weight excluding hydrogens is 406 g/mol. The van der Waals surface area contributed by atoms with Crippen molar-refractivity contribution in [3.05, 3.63) is 81.9 Å². The lowest BCUT2D eigenvalue weighted by Crippen LogP contribution is -2.26. The molecule has 1 aromatic heterocycles. The van der Waals surface area contributed by atoms with Crippen molar-refractivity contribution >= 4 is 39.2 Å². The minimum Gasteiger partial charge on any atom is -0.510 e. The molecule has 1 aliphatic rings. The van der Waals surface area contributed by atoms with E-state index in [9.17, 15) is 10.2 Å². The number of phenols is 1. The van der Waals surface area contributed by atoms with E-state index in [1.54, 1.807) is 17.0 Å². The molecule has 0 unspecified atom stereocenters. The van der Waals surface area contributed by atoms with Crippen molar-refractivity contribution in [3.8, 4) is 17.0 Å². The Morgan fingerprint density at radius 3 is 2.42 bits per heavy atom. The van der Waals surface area contributed by atoms with Gasteiger partial charge in [-0.25, -0.2) is 4.98 Å². The summed E-state index contributed by atoms with van der Waals surface area (Å²) in [5.74, 6) is 0.532. The molecule has 0 saturated carbocycles. The van der Waals surface area contributed by atoms with Crippen LogP contribution in [0.2, 0.25) is 0 Å². The Hall–Kier alpha value is -3.64.